The number of sulfonamides is 1. The molecule has 0 radical (unpaired) electrons. The van der Waals surface area contributed by atoms with E-state index in [9.17, 15) is 18.0 Å². The van der Waals surface area contributed by atoms with Gasteiger partial charge in [-0.15, -0.1) is 11.3 Å². The number of anilines is 1. The molecule has 148 valence electrons. The Morgan fingerprint density at radius 3 is 2.75 bits per heavy atom. The Balaban J connectivity index is 1.90. The first kappa shape index (κ1) is 20.1. The van der Waals surface area contributed by atoms with Crippen LogP contribution in [0.3, 0.4) is 0 Å². The summed E-state index contributed by atoms with van der Waals surface area (Å²) < 4.78 is 28.1. The van der Waals surface area contributed by atoms with Crippen LogP contribution in [0.25, 0.3) is 0 Å². The van der Waals surface area contributed by atoms with Crippen molar-refractivity contribution in [1.82, 2.24) is 10.6 Å². The van der Waals surface area contributed by atoms with Gasteiger partial charge in [0, 0.05) is 18.3 Å². The molecule has 9 heteroatoms. The maximum absolute atomic E-state index is 13.2. The fourth-order valence-corrected chi connectivity index (χ4v) is 5.99. The van der Waals surface area contributed by atoms with Gasteiger partial charge in [0.1, 0.15) is 4.21 Å². The molecule has 1 atom stereocenters. The van der Waals surface area contributed by atoms with Crippen LogP contribution < -0.4 is 14.9 Å². The summed E-state index contributed by atoms with van der Waals surface area (Å²) in [4.78, 5) is 23.5. The van der Waals surface area contributed by atoms with E-state index in [4.69, 9.17) is 0 Å². The van der Waals surface area contributed by atoms with Crippen LogP contribution in [0, 0.1) is 0 Å². The van der Waals surface area contributed by atoms with Gasteiger partial charge < -0.3 is 10.6 Å². The number of benzene rings is 1. The normalized spacial score (nSPS) is 16.2. The van der Waals surface area contributed by atoms with Crippen LogP contribution in [-0.2, 0) is 26.2 Å². The summed E-state index contributed by atoms with van der Waals surface area (Å²) in [5.74, 6) is -0.465. The quantitative estimate of drug-likeness (QED) is 0.703. The van der Waals surface area contributed by atoms with Gasteiger partial charge >= 0.3 is 0 Å². The molecule has 1 aromatic heterocycles. The number of hydrogen-bond acceptors (Lipinski definition) is 5. The average molecular weight is 420 g/mol. The molecule has 2 aromatic rings. The molecule has 0 saturated heterocycles. The second kappa shape index (κ2) is 8.15. The van der Waals surface area contributed by atoms with Crippen molar-refractivity contribution < 1.29 is 18.0 Å². The number of rotatable bonds is 6. The molecule has 1 aromatic carbocycles. The van der Waals surface area contributed by atoms with Crippen LogP contribution in [0.15, 0.2) is 53.3 Å². The van der Waals surface area contributed by atoms with Crippen molar-refractivity contribution in [3.05, 3.63) is 59.5 Å². The highest BCUT2D eigenvalue weighted by atomic mass is 32.2. The van der Waals surface area contributed by atoms with Gasteiger partial charge in [0.05, 0.1) is 18.3 Å². The molecule has 0 aliphatic carbocycles. The van der Waals surface area contributed by atoms with Crippen molar-refractivity contribution in [3.63, 3.8) is 0 Å². The zero-order valence-corrected chi connectivity index (χ0v) is 17.0. The maximum Gasteiger partial charge on any atom is 0.273 e. The van der Waals surface area contributed by atoms with E-state index in [1.807, 2.05) is 12.1 Å². The summed E-state index contributed by atoms with van der Waals surface area (Å²) in [6.45, 7) is 5.42. The van der Waals surface area contributed by atoms with Crippen molar-refractivity contribution in [2.75, 3.05) is 10.8 Å². The van der Waals surface area contributed by atoms with Gasteiger partial charge in [-0.3, -0.25) is 13.9 Å². The van der Waals surface area contributed by atoms with Crippen molar-refractivity contribution in [2.45, 2.75) is 30.1 Å². The Labute approximate surface area is 168 Å². The number of para-hydroxylation sites is 1. The van der Waals surface area contributed by atoms with Gasteiger partial charge in [-0.25, -0.2) is 8.42 Å². The smallest absolute Gasteiger partial charge is 0.273 e. The largest absolute Gasteiger partial charge is 0.351 e. The lowest BCUT2D eigenvalue weighted by Crippen LogP contribution is -2.40. The summed E-state index contributed by atoms with van der Waals surface area (Å²) in [6, 6.07) is 10.1. The zero-order chi connectivity index (χ0) is 20.3. The molecule has 1 aliphatic rings. The molecule has 0 fully saturated rings. The molecule has 0 saturated carbocycles. The molecule has 1 aliphatic heterocycles. The summed E-state index contributed by atoms with van der Waals surface area (Å²) in [6.07, 6.45) is 1.66. The van der Waals surface area contributed by atoms with Gasteiger partial charge in [-0.2, -0.15) is 0 Å². The predicted octanol–water partition coefficient (Wildman–Crippen LogP) is 2.33. The monoisotopic (exact) mass is 419 g/mol. The van der Waals surface area contributed by atoms with E-state index < -0.39 is 10.0 Å². The van der Waals surface area contributed by atoms with E-state index in [1.165, 1.54) is 17.3 Å². The topological polar surface area (TPSA) is 95.6 Å². The number of fused-ring (bicyclic) bond motifs is 1. The Kier molecular flexibility index (Phi) is 5.85. The fourth-order valence-electron chi connectivity index (χ4n) is 3.07. The molecule has 2 heterocycles. The molecular formula is C19H21N3O4S2. The molecular weight excluding hydrogens is 398 g/mol. The minimum absolute atomic E-state index is 0.171. The van der Waals surface area contributed by atoms with Gasteiger partial charge in [-0.05, 0) is 36.3 Å². The summed E-state index contributed by atoms with van der Waals surface area (Å²) in [7, 11) is -3.74. The van der Waals surface area contributed by atoms with Gasteiger partial charge in [0.25, 0.3) is 10.0 Å². The highest BCUT2D eigenvalue weighted by molar-refractivity contribution is 7.94. The molecule has 28 heavy (non-hydrogen) atoms. The van der Waals surface area contributed by atoms with E-state index in [1.54, 1.807) is 24.3 Å². The second-order valence-electron chi connectivity index (χ2n) is 6.32. The summed E-state index contributed by atoms with van der Waals surface area (Å²) in [5, 5.41) is 5.52. The number of nitrogens with zero attached hydrogens (tertiary/aromatic N) is 1. The third-order valence-electron chi connectivity index (χ3n) is 4.40. The van der Waals surface area contributed by atoms with E-state index >= 15 is 0 Å². The summed E-state index contributed by atoms with van der Waals surface area (Å²) >= 11 is 1.14. The van der Waals surface area contributed by atoms with Crippen molar-refractivity contribution >= 4 is 38.9 Å². The Hall–Kier alpha value is -2.65. The lowest BCUT2D eigenvalue weighted by atomic mass is 9.98. The number of carbonyl (C=O) groups is 2. The number of carbonyl (C=O) groups excluding carboxylic acids is 2. The lowest BCUT2D eigenvalue weighted by Gasteiger charge is -2.34. The molecule has 0 spiro atoms. The Bertz CT molecular complexity index is 1010. The van der Waals surface area contributed by atoms with E-state index in [0.29, 0.717) is 18.7 Å². The molecule has 1 unspecified atom stereocenters. The first-order valence-corrected chi connectivity index (χ1v) is 11.0. The van der Waals surface area contributed by atoms with Crippen LogP contribution >= 0.6 is 11.3 Å². The summed E-state index contributed by atoms with van der Waals surface area (Å²) in [5.41, 5.74) is 1.31. The first-order chi connectivity index (χ1) is 13.3. The lowest BCUT2D eigenvalue weighted by molar-refractivity contribution is -0.119. The van der Waals surface area contributed by atoms with Crippen LogP contribution in [0.5, 0.6) is 0 Å². The fraction of sp³-hybridized carbons (Fsp3) is 0.263. The standard InChI is InChI=1S/C19H21N3O4S2/c1-3-18(24)21-16-10-11-22(17-7-5-4-6-15(16)17)28(25,26)19-9-8-14(27-19)12-20-13(2)23/h3-9,16H,1,10-12H2,2H3,(H,20,23)(H,21,24). The van der Waals surface area contributed by atoms with Crippen molar-refractivity contribution in [1.29, 1.82) is 0 Å². The number of amides is 2. The minimum atomic E-state index is -3.74. The predicted molar refractivity (Wildman–Crippen MR) is 109 cm³/mol. The van der Waals surface area contributed by atoms with Crippen molar-refractivity contribution in [3.8, 4) is 0 Å². The third kappa shape index (κ3) is 4.10. The third-order valence-corrected chi connectivity index (χ3v) is 7.76. The van der Waals surface area contributed by atoms with Crippen LogP contribution in [0.1, 0.15) is 29.8 Å². The molecule has 0 bridgehead atoms. The first-order valence-electron chi connectivity index (χ1n) is 8.70. The average Bonchev–Trinajstić information content (AvgIpc) is 3.16. The molecule has 2 amide bonds. The number of nitrogens with one attached hydrogen (secondary N) is 2. The van der Waals surface area contributed by atoms with E-state index in [2.05, 4.69) is 17.2 Å². The highest BCUT2D eigenvalue weighted by Crippen LogP contribution is 2.38. The van der Waals surface area contributed by atoms with Gasteiger partial charge in [-0.1, -0.05) is 24.8 Å². The van der Waals surface area contributed by atoms with Crippen LogP contribution in [0.4, 0.5) is 5.69 Å². The SMILES string of the molecule is C=CC(=O)NC1CCN(S(=O)(=O)c2ccc(CNC(C)=O)s2)c2ccccc21. The van der Waals surface area contributed by atoms with E-state index in [0.717, 1.165) is 21.8 Å². The van der Waals surface area contributed by atoms with E-state index in [-0.39, 0.29) is 28.6 Å². The highest BCUT2D eigenvalue weighted by Gasteiger charge is 2.34. The Morgan fingerprint density at radius 1 is 1.29 bits per heavy atom. The minimum Gasteiger partial charge on any atom is -0.351 e. The van der Waals surface area contributed by atoms with Crippen LogP contribution in [0.2, 0.25) is 0 Å². The molecule has 3 rings (SSSR count). The van der Waals surface area contributed by atoms with Crippen LogP contribution in [-0.4, -0.2) is 26.8 Å². The molecule has 2 N–H and O–H groups in total. The zero-order valence-electron chi connectivity index (χ0n) is 15.3. The van der Waals surface area contributed by atoms with Crippen molar-refractivity contribution in [2.24, 2.45) is 0 Å². The van der Waals surface area contributed by atoms with Gasteiger partial charge in [0.15, 0.2) is 0 Å². The maximum atomic E-state index is 13.2. The Morgan fingerprint density at radius 2 is 2.04 bits per heavy atom. The second-order valence-corrected chi connectivity index (χ2v) is 9.58. The molecule has 7 nitrogen and oxygen atoms in total. The number of thiophene rings is 1. The number of hydrogen-bond donors (Lipinski definition) is 2. The van der Waals surface area contributed by atoms with Gasteiger partial charge in [0.2, 0.25) is 11.8 Å².